The van der Waals surface area contributed by atoms with Crippen molar-refractivity contribution in [3.05, 3.63) is 175 Å². The molecule has 0 saturated carbocycles. The SMILES string of the molecule is C1=CC2Oc3cc(-c4ccc5ccccc5c4)ccc3C2C(c2ccc(-c3nc(-c4ccccc4)nc(-c4ccccc4)n3)cc2)=C1. The van der Waals surface area contributed by atoms with E-state index in [-0.39, 0.29) is 12.0 Å². The molecule has 0 amide bonds. The van der Waals surface area contributed by atoms with Crippen LogP contribution in [0.5, 0.6) is 5.75 Å². The first-order valence-electron chi connectivity index (χ1n) is 15.9. The summed E-state index contributed by atoms with van der Waals surface area (Å²) in [5.41, 5.74) is 8.83. The summed E-state index contributed by atoms with van der Waals surface area (Å²) in [4.78, 5) is 14.6. The quantitative estimate of drug-likeness (QED) is 0.196. The standard InChI is InChI=1S/C43H29N3O/c1-3-11-30(12-4-1)41-44-42(31-13-5-2-6-14-31)46-43(45-41)32-21-19-29(20-22-32)36-16-9-17-38-40(36)37-25-24-35(27-39(37)47-38)34-23-18-28-10-7-8-15-33(28)26-34/h1-27,38,40H. The average Bonchev–Trinajstić information content (AvgIpc) is 3.53. The molecule has 4 nitrogen and oxygen atoms in total. The fraction of sp³-hybridized carbons (Fsp3) is 0.0465. The van der Waals surface area contributed by atoms with E-state index in [9.17, 15) is 0 Å². The highest BCUT2D eigenvalue weighted by Crippen LogP contribution is 2.49. The summed E-state index contributed by atoms with van der Waals surface area (Å²) >= 11 is 0. The van der Waals surface area contributed by atoms with Gasteiger partial charge >= 0.3 is 0 Å². The van der Waals surface area contributed by atoms with Gasteiger partial charge in [0.25, 0.3) is 0 Å². The summed E-state index contributed by atoms with van der Waals surface area (Å²) < 4.78 is 6.56. The lowest BCUT2D eigenvalue weighted by atomic mass is 9.81. The molecular weight excluding hydrogens is 574 g/mol. The summed E-state index contributed by atoms with van der Waals surface area (Å²) in [6, 6.07) is 50.5. The van der Waals surface area contributed by atoms with E-state index in [0.717, 1.165) is 33.6 Å². The monoisotopic (exact) mass is 603 g/mol. The Morgan fingerprint density at radius 1 is 0.447 bits per heavy atom. The van der Waals surface area contributed by atoms with Crippen LogP contribution in [0.15, 0.2) is 164 Å². The molecule has 0 radical (unpaired) electrons. The van der Waals surface area contributed by atoms with Gasteiger partial charge in [-0.1, -0.05) is 146 Å². The molecule has 47 heavy (non-hydrogen) atoms. The van der Waals surface area contributed by atoms with Crippen LogP contribution in [0.2, 0.25) is 0 Å². The Kier molecular flexibility index (Phi) is 6.57. The zero-order valence-electron chi connectivity index (χ0n) is 25.5. The molecule has 0 N–H and O–H groups in total. The van der Waals surface area contributed by atoms with Crippen LogP contribution in [0, 0.1) is 0 Å². The molecule has 222 valence electrons. The predicted molar refractivity (Wildman–Crippen MR) is 190 cm³/mol. The van der Waals surface area contributed by atoms with E-state index in [1.54, 1.807) is 0 Å². The summed E-state index contributed by atoms with van der Waals surface area (Å²) in [6.45, 7) is 0. The molecule has 2 aliphatic rings. The first-order chi connectivity index (χ1) is 23.3. The first-order valence-corrected chi connectivity index (χ1v) is 15.9. The molecule has 0 bridgehead atoms. The smallest absolute Gasteiger partial charge is 0.164 e. The van der Waals surface area contributed by atoms with Gasteiger partial charge < -0.3 is 4.74 Å². The van der Waals surface area contributed by atoms with Gasteiger partial charge in [0, 0.05) is 22.3 Å². The molecule has 2 heterocycles. The number of ether oxygens (including phenoxy) is 1. The number of fused-ring (bicyclic) bond motifs is 4. The minimum Gasteiger partial charge on any atom is -0.485 e. The summed E-state index contributed by atoms with van der Waals surface area (Å²) in [7, 11) is 0. The Morgan fingerprint density at radius 3 is 1.66 bits per heavy atom. The van der Waals surface area contributed by atoms with Crippen molar-refractivity contribution in [1.29, 1.82) is 0 Å². The Hall–Kier alpha value is -6.13. The maximum absolute atomic E-state index is 6.56. The summed E-state index contributed by atoms with van der Waals surface area (Å²) in [6.07, 6.45) is 6.46. The third-order valence-electron chi connectivity index (χ3n) is 9.11. The normalized spacial score (nSPS) is 16.3. The van der Waals surface area contributed by atoms with Crippen LogP contribution in [0.3, 0.4) is 0 Å². The summed E-state index contributed by atoms with van der Waals surface area (Å²) in [5.74, 6) is 3.04. The van der Waals surface area contributed by atoms with Gasteiger partial charge in [-0.15, -0.1) is 0 Å². The van der Waals surface area contributed by atoms with Gasteiger partial charge in [-0.2, -0.15) is 0 Å². The minimum absolute atomic E-state index is 0.0399. The number of allylic oxidation sites excluding steroid dienone is 2. The van der Waals surface area contributed by atoms with Gasteiger partial charge in [-0.3, -0.25) is 0 Å². The van der Waals surface area contributed by atoms with Crippen molar-refractivity contribution >= 4 is 16.3 Å². The number of nitrogens with zero attached hydrogens (tertiary/aromatic N) is 3. The van der Waals surface area contributed by atoms with Crippen LogP contribution < -0.4 is 4.74 Å². The summed E-state index contributed by atoms with van der Waals surface area (Å²) in [5, 5.41) is 2.48. The molecule has 2 atom stereocenters. The van der Waals surface area contributed by atoms with Crippen molar-refractivity contribution in [3.8, 4) is 51.0 Å². The topological polar surface area (TPSA) is 47.9 Å². The number of aromatic nitrogens is 3. The van der Waals surface area contributed by atoms with Crippen molar-refractivity contribution < 1.29 is 4.74 Å². The number of hydrogen-bond acceptors (Lipinski definition) is 4. The number of rotatable bonds is 5. The Labute approximate surface area is 273 Å². The van der Waals surface area contributed by atoms with Crippen LogP contribution in [0.25, 0.3) is 61.6 Å². The van der Waals surface area contributed by atoms with Gasteiger partial charge in [0.2, 0.25) is 0 Å². The van der Waals surface area contributed by atoms with Gasteiger partial charge in [0.15, 0.2) is 17.5 Å². The predicted octanol–water partition coefficient (Wildman–Crippen LogP) is 10.2. The molecule has 1 aliphatic heterocycles. The van der Waals surface area contributed by atoms with Crippen LogP contribution in [0.1, 0.15) is 17.0 Å². The van der Waals surface area contributed by atoms with Gasteiger partial charge in [0.1, 0.15) is 11.9 Å². The van der Waals surface area contributed by atoms with Crippen LogP contribution in [-0.2, 0) is 0 Å². The van der Waals surface area contributed by atoms with Crippen molar-refractivity contribution in [2.24, 2.45) is 0 Å². The number of benzene rings is 6. The third kappa shape index (κ3) is 5.01. The van der Waals surface area contributed by atoms with Gasteiger partial charge in [-0.25, -0.2) is 15.0 Å². The minimum atomic E-state index is -0.0399. The molecule has 0 saturated heterocycles. The average molecular weight is 604 g/mol. The molecule has 2 unspecified atom stereocenters. The highest BCUT2D eigenvalue weighted by atomic mass is 16.5. The molecule has 4 heteroatoms. The Morgan fingerprint density at radius 2 is 0.979 bits per heavy atom. The third-order valence-corrected chi connectivity index (χ3v) is 9.11. The van der Waals surface area contributed by atoms with E-state index in [1.165, 1.54) is 27.5 Å². The molecule has 1 aliphatic carbocycles. The largest absolute Gasteiger partial charge is 0.485 e. The lowest BCUT2D eigenvalue weighted by molar-refractivity contribution is 0.272. The molecule has 0 fully saturated rings. The van der Waals surface area contributed by atoms with Gasteiger partial charge in [-0.05, 0) is 51.2 Å². The van der Waals surface area contributed by atoms with Crippen molar-refractivity contribution in [2.75, 3.05) is 0 Å². The highest BCUT2D eigenvalue weighted by Gasteiger charge is 2.37. The molecule has 7 aromatic rings. The molecule has 9 rings (SSSR count). The molecular formula is C43H29N3O. The van der Waals surface area contributed by atoms with Crippen molar-refractivity contribution in [2.45, 2.75) is 12.0 Å². The molecule has 1 aromatic heterocycles. The second-order valence-corrected chi connectivity index (χ2v) is 12.0. The lowest BCUT2D eigenvalue weighted by Crippen LogP contribution is -2.19. The van der Waals surface area contributed by atoms with E-state index in [2.05, 4.69) is 103 Å². The van der Waals surface area contributed by atoms with Crippen LogP contribution >= 0.6 is 0 Å². The van der Waals surface area contributed by atoms with E-state index in [4.69, 9.17) is 19.7 Å². The fourth-order valence-corrected chi connectivity index (χ4v) is 6.73. The maximum Gasteiger partial charge on any atom is 0.164 e. The Balaban J connectivity index is 1.04. The molecule has 0 spiro atoms. The maximum atomic E-state index is 6.56. The number of hydrogen-bond donors (Lipinski definition) is 0. The van der Waals surface area contributed by atoms with Gasteiger partial charge in [0.05, 0.1) is 5.92 Å². The van der Waals surface area contributed by atoms with Crippen molar-refractivity contribution in [3.63, 3.8) is 0 Å². The highest BCUT2D eigenvalue weighted by molar-refractivity contribution is 5.88. The lowest BCUT2D eigenvalue weighted by Gasteiger charge is -2.23. The van der Waals surface area contributed by atoms with E-state index >= 15 is 0 Å². The van der Waals surface area contributed by atoms with Crippen LogP contribution in [0.4, 0.5) is 0 Å². The zero-order chi connectivity index (χ0) is 31.2. The van der Waals surface area contributed by atoms with Crippen molar-refractivity contribution in [1.82, 2.24) is 15.0 Å². The molecule has 6 aromatic carbocycles. The van der Waals surface area contributed by atoms with E-state index in [0.29, 0.717) is 17.5 Å². The van der Waals surface area contributed by atoms with E-state index in [1.807, 2.05) is 60.7 Å². The second kappa shape index (κ2) is 11.3. The van der Waals surface area contributed by atoms with Crippen LogP contribution in [-0.4, -0.2) is 21.1 Å². The fourth-order valence-electron chi connectivity index (χ4n) is 6.73. The first kappa shape index (κ1) is 27.2. The van der Waals surface area contributed by atoms with E-state index < -0.39 is 0 Å². The second-order valence-electron chi connectivity index (χ2n) is 12.0. The zero-order valence-corrected chi connectivity index (χ0v) is 25.5. The Bertz CT molecular complexity index is 2270.